The number of fused-ring (bicyclic) bond motifs is 1. The number of methoxy groups -OCH3 is 1. The summed E-state index contributed by atoms with van der Waals surface area (Å²) in [6.45, 7) is 0. The lowest BCUT2D eigenvalue weighted by molar-refractivity contribution is 0.0601. The summed E-state index contributed by atoms with van der Waals surface area (Å²) in [7, 11) is 1.40. The Morgan fingerprint density at radius 3 is 2.75 bits per heavy atom. The van der Waals surface area contributed by atoms with Crippen LogP contribution in [0.2, 0.25) is 0 Å². The Morgan fingerprint density at radius 1 is 1.17 bits per heavy atom. The molecule has 1 aliphatic rings. The molecule has 120 valence electrons. The average molecular weight is 318 g/mol. The first-order valence-electron chi connectivity index (χ1n) is 8.09. The number of anilines is 2. The van der Waals surface area contributed by atoms with E-state index in [1.807, 2.05) is 42.6 Å². The molecule has 4 rings (SSSR count). The Bertz CT molecular complexity index is 911. The standard InChI is InChI=1S/C20H18N2O2/c1-24-20(23)17-11-15(13-9-10-13)12-21-19(17)22-18-8-4-6-14-5-2-3-7-16(14)18/h2-8,11-13H,9-10H2,1H3,(H,21,22). The molecule has 0 bridgehead atoms. The lowest BCUT2D eigenvalue weighted by Crippen LogP contribution is -2.08. The van der Waals surface area contributed by atoms with Crippen molar-refractivity contribution in [3.63, 3.8) is 0 Å². The molecule has 0 atom stereocenters. The third kappa shape index (κ3) is 2.71. The minimum absolute atomic E-state index is 0.368. The van der Waals surface area contributed by atoms with Crippen LogP contribution in [0.5, 0.6) is 0 Å². The predicted octanol–water partition coefficient (Wildman–Crippen LogP) is 4.64. The van der Waals surface area contributed by atoms with Gasteiger partial charge in [-0.05, 0) is 41.8 Å². The SMILES string of the molecule is COC(=O)c1cc(C2CC2)cnc1Nc1cccc2ccccc12. The first kappa shape index (κ1) is 14.7. The topological polar surface area (TPSA) is 51.2 Å². The summed E-state index contributed by atoms with van der Waals surface area (Å²) in [5.41, 5.74) is 2.51. The largest absolute Gasteiger partial charge is 0.465 e. The van der Waals surface area contributed by atoms with Crippen LogP contribution in [0.15, 0.2) is 54.7 Å². The van der Waals surface area contributed by atoms with Crippen LogP contribution in [-0.4, -0.2) is 18.1 Å². The molecule has 0 amide bonds. The summed E-state index contributed by atoms with van der Waals surface area (Å²) in [5.74, 6) is 0.697. The zero-order chi connectivity index (χ0) is 16.5. The molecule has 24 heavy (non-hydrogen) atoms. The van der Waals surface area contributed by atoms with E-state index >= 15 is 0 Å². The number of aromatic nitrogens is 1. The van der Waals surface area contributed by atoms with Crippen molar-refractivity contribution in [3.05, 3.63) is 65.9 Å². The molecule has 2 aromatic carbocycles. The molecule has 1 aliphatic carbocycles. The van der Waals surface area contributed by atoms with Gasteiger partial charge in [-0.1, -0.05) is 36.4 Å². The van der Waals surface area contributed by atoms with Gasteiger partial charge in [0, 0.05) is 17.3 Å². The van der Waals surface area contributed by atoms with Crippen LogP contribution in [-0.2, 0) is 4.74 Å². The van der Waals surface area contributed by atoms with Gasteiger partial charge in [0.2, 0.25) is 0 Å². The Morgan fingerprint density at radius 2 is 1.96 bits per heavy atom. The molecular formula is C20H18N2O2. The smallest absolute Gasteiger partial charge is 0.341 e. The predicted molar refractivity (Wildman–Crippen MR) is 94.8 cm³/mol. The summed E-state index contributed by atoms with van der Waals surface area (Å²) in [5, 5.41) is 5.53. The maximum absolute atomic E-state index is 12.2. The molecule has 1 saturated carbocycles. The highest BCUT2D eigenvalue weighted by Crippen LogP contribution is 2.40. The van der Waals surface area contributed by atoms with Crippen molar-refractivity contribution in [1.82, 2.24) is 4.98 Å². The fourth-order valence-electron chi connectivity index (χ4n) is 2.95. The molecule has 1 N–H and O–H groups in total. The van der Waals surface area contributed by atoms with E-state index in [1.165, 1.54) is 20.0 Å². The van der Waals surface area contributed by atoms with Crippen LogP contribution in [0.3, 0.4) is 0 Å². The van der Waals surface area contributed by atoms with Gasteiger partial charge >= 0.3 is 5.97 Å². The normalized spacial score (nSPS) is 13.7. The molecule has 4 nitrogen and oxygen atoms in total. The Hall–Kier alpha value is -2.88. The lowest BCUT2D eigenvalue weighted by atomic mass is 10.1. The molecule has 1 fully saturated rings. The van der Waals surface area contributed by atoms with Gasteiger partial charge in [0.05, 0.1) is 7.11 Å². The number of carbonyl (C=O) groups is 1. The highest BCUT2D eigenvalue weighted by atomic mass is 16.5. The van der Waals surface area contributed by atoms with E-state index in [4.69, 9.17) is 4.74 Å². The molecule has 4 heteroatoms. The third-order valence-electron chi connectivity index (χ3n) is 4.41. The number of hydrogen-bond donors (Lipinski definition) is 1. The van der Waals surface area contributed by atoms with E-state index in [2.05, 4.69) is 22.4 Å². The number of hydrogen-bond acceptors (Lipinski definition) is 4. The number of esters is 1. The van der Waals surface area contributed by atoms with Crippen LogP contribution < -0.4 is 5.32 Å². The maximum atomic E-state index is 12.2. The minimum Gasteiger partial charge on any atom is -0.465 e. The van der Waals surface area contributed by atoms with Gasteiger partial charge in [0.25, 0.3) is 0 Å². The van der Waals surface area contributed by atoms with E-state index in [1.54, 1.807) is 0 Å². The Kier molecular flexibility index (Phi) is 3.65. The number of rotatable bonds is 4. The monoisotopic (exact) mass is 318 g/mol. The highest BCUT2D eigenvalue weighted by Gasteiger charge is 2.26. The quantitative estimate of drug-likeness (QED) is 0.712. The van der Waals surface area contributed by atoms with Gasteiger partial charge in [0.1, 0.15) is 11.4 Å². The second kappa shape index (κ2) is 5.96. The third-order valence-corrected chi connectivity index (χ3v) is 4.41. The van der Waals surface area contributed by atoms with E-state index in [0.29, 0.717) is 17.3 Å². The molecule has 3 aromatic rings. The van der Waals surface area contributed by atoms with Gasteiger partial charge in [-0.2, -0.15) is 0 Å². The summed E-state index contributed by atoms with van der Waals surface area (Å²) < 4.78 is 4.94. The zero-order valence-electron chi connectivity index (χ0n) is 13.5. The van der Waals surface area contributed by atoms with Crippen molar-refractivity contribution in [2.45, 2.75) is 18.8 Å². The van der Waals surface area contributed by atoms with Gasteiger partial charge in [-0.15, -0.1) is 0 Å². The van der Waals surface area contributed by atoms with Crippen molar-refractivity contribution in [1.29, 1.82) is 0 Å². The molecule has 0 saturated heterocycles. The van der Waals surface area contributed by atoms with Crippen molar-refractivity contribution in [2.24, 2.45) is 0 Å². The van der Waals surface area contributed by atoms with Crippen molar-refractivity contribution >= 4 is 28.2 Å². The van der Waals surface area contributed by atoms with E-state index < -0.39 is 0 Å². The summed E-state index contributed by atoms with van der Waals surface area (Å²) in [6, 6.07) is 16.1. The zero-order valence-corrected chi connectivity index (χ0v) is 13.5. The van der Waals surface area contributed by atoms with Gasteiger partial charge in [-0.3, -0.25) is 0 Å². The van der Waals surface area contributed by atoms with Gasteiger partial charge < -0.3 is 10.1 Å². The molecule has 0 aliphatic heterocycles. The summed E-state index contributed by atoms with van der Waals surface area (Å²) in [6.07, 6.45) is 4.19. The summed E-state index contributed by atoms with van der Waals surface area (Å²) in [4.78, 5) is 16.7. The van der Waals surface area contributed by atoms with E-state index in [0.717, 1.165) is 22.0 Å². The second-order valence-electron chi connectivity index (χ2n) is 6.08. The molecule has 0 unspecified atom stereocenters. The fourth-order valence-corrected chi connectivity index (χ4v) is 2.95. The van der Waals surface area contributed by atoms with Crippen LogP contribution >= 0.6 is 0 Å². The number of pyridine rings is 1. The maximum Gasteiger partial charge on any atom is 0.341 e. The number of ether oxygens (including phenoxy) is 1. The van der Waals surface area contributed by atoms with E-state index in [9.17, 15) is 4.79 Å². The highest BCUT2D eigenvalue weighted by molar-refractivity contribution is 5.99. The second-order valence-corrected chi connectivity index (χ2v) is 6.08. The van der Waals surface area contributed by atoms with Gasteiger partial charge in [-0.25, -0.2) is 9.78 Å². The van der Waals surface area contributed by atoms with Crippen LogP contribution in [0, 0.1) is 0 Å². The lowest BCUT2D eigenvalue weighted by Gasteiger charge is -2.13. The number of nitrogens with zero attached hydrogens (tertiary/aromatic N) is 1. The van der Waals surface area contributed by atoms with Crippen LogP contribution in [0.25, 0.3) is 10.8 Å². The number of benzene rings is 2. The average Bonchev–Trinajstić information content (AvgIpc) is 3.47. The van der Waals surface area contributed by atoms with Crippen LogP contribution in [0.4, 0.5) is 11.5 Å². The molecular weight excluding hydrogens is 300 g/mol. The van der Waals surface area contributed by atoms with Crippen molar-refractivity contribution < 1.29 is 9.53 Å². The van der Waals surface area contributed by atoms with Crippen molar-refractivity contribution in [2.75, 3.05) is 12.4 Å². The molecule has 0 radical (unpaired) electrons. The van der Waals surface area contributed by atoms with Crippen LogP contribution in [0.1, 0.15) is 34.7 Å². The molecule has 0 spiro atoms. The fraction of sp³-hybridized carbons (Fsp3) is 0.200. The first-order chi connectivity index (χ1) is 11.8. The number of carbonyl (C=O) groups excluding carboxylic acids is 1. The molecule has 1 aromatic heterocycles. The first-order valence-corrected chi connectivity index (χ1v) is 8.09. The van der Waals surface area contributed by atoms with Gasteiger partial charge in [0.15, 0.2) is 0 Å². The van der Waals surface area contributed by atoms with E-state index in [-0.39, 0.29) is 5.97 Å². The number of nitrogens with one attached hydrogen (secondary N) is 1. The summed E-state index contributed by atoms with van der Waals surface area (Å²) >= 11 is 0. The Balaban J connectivity index is 1.76. The Labute approximate surface area is 140 Å². The molecule has 1 heterocycles. The van der Waals surface area contributed by atoms with Crippen molar-refractivity contribution in [3.8, 4) is 0 Å². The minimum atomic E-state index is -0.368.